The van der Waals surface area contributed by atoms with Crippen molar-refractivity contribution in [2.45, 2.75) is 44.7 Å². The van der Waals surface area contributed by atoms with Gasteiger partial charge < -0.3 is 10.2 Å². The van der Waals surface area contributed by atoms with Crippen LogP contribution in [-0.4, -0.2) is 32.7 Å². The van der Waals surface area contributed by atoms with Crippen LogP contribution in [0.25, 0.3) is 0 Å². The van der Waals surface area contributed by atoms with E-state index in [1.165, 1.54) is 0 Å². The van der Waals surface area contributed by atoms with Crippen molar-refractivity contribution in [1.29, 1.82) is 0 Å². The lowest BCUT2D eigenvalue weighted by Crippen LogP contribution is -2.45. The van der Waals surface area contributed by atoms with Gasteiger partial charge in [-0.1, -0.05) is 6.92 Å². The molecule has 0 radical (unpaired) electrons. The number of rotatable bonds is 4. The molecule has 2 amide bonds. The summed E-state index contributed by atoms with van der Waals surface area (Å²) in [6, 6.07) is 0.0914. The number of piperidine rings is 1. The number of carbonyl (C=O) groups is 1. The van der Waals surface area contributed by atoms with Gasteiger partial charge in [0.2, 0.25) is 0 Å². The zero-order valence-corrected chi connectivity index (χ0v) is 13.5. The molecule has 0 saturated carbocycles. The molecule has 0 bridgehead atoms. The van der Waals surface area contributed by atoms with Crippen molar-refractivity contribution in [1.82, 2.24) is 25.4 Å². The SMILES string of the molecule is CC[C@@H](NC(=O)N1CCCC[C@@H]1c1cn[nH]c1)c1nccs1. The quantitative estimate of drug-likeness (QED) is 0.908. The van der Waals surface area contributed by atoms with E-state index >= 15 is 0 Å². The summed E-state index contributed by atoms with van der Waals surface area (Å²) in [7, 11) is 0. The first-order valence-electron chi connectivity index (χ1n) is 7.74. The van der Waals surface area contributed by atoms with Gasteiger partial charge in [0, 0.05) is 29.9 Å². The van der Waals surface area contributed by atoms with Crippen LogP contribution >= 0.6 is 11.3 Å². The van der Waals surface area contributed by atoms with Gasteiger partial charge in [-0.2, -0.15) is 5.10 Å². The molecule has 2 aromatic rings. The summed E-state index contributed by atoms with van der Waals surface area (Å²) in [5.74, 6) is 0. The van der Waals surface area contributed by atoms with Crippen molar-refractivity contribution in [3.8, 4) is 0 Å². The highest BCUT2D eigenvalue weighted by molar-refractivity contribution is 7.09. The molecule has 0 aromatic carbocycles. The Labute approximate surface area is 133 Å². The van der Waals surface area contributed by atoms with Crippen LogP contribution in [0.2, 0.25) is 0 Å². The van der Waals surface area contributed by atoms with Gasteiger partial charge in [-0.05, 0) is 25.7 Å². The molecule has 118 valence electrons. The molecule has 2 atom stereocenters. The highest BCUT2D eigenvalue weighted by Crippen LogP contribution is 2.31. The molecule has 0 aliphatic carbocycles. The fraction of sp³-hybridized carbons (Fsp3) is 0.533. The zero-order chi connectivity index (χ0) is 15.4. The normalized spacial score (nSPS) is 19.9. The number of hydrogen-bond acceptors (Lipinski definition) is 4. The number of likely N-dealkylation sites (tertiary alicyclic amines) is 1. The first-order valence-corrected chi connectivity index (χ1v) is 8.62. The fourth-order valence-electron chi connectivity index (χ4n) is 2.94. The minimum absolute atomic E-state index is 0.00653. The minimum atomic E-state index is -0.0144. The minimum Gasteiger partial charge on any atom is -0.329 e. The van der Waals surface area contributed by atoms with Crippen LogP contribution in [0.3, 0.4) is 0 Å². The Balaban J connectivity index is 1.72. The summed E-state index contributed by atoms with van der Waals surface area (Å²) in [6.45, 7) is 2.85. The second-order valence-electron chi connectivity index (χ2n) is 5.52. The lowest BCUT2D eigenvalue weighted by atomic mass is 9.98. The summed E-state index contributed by atoms with van der Waals surface area (Å²) < 4.78 is 0. The molecule has 2 aromatic heterocycles. The number of nitrogens with one attached hydrogen (secondary N) is 2. The largest absolute Gasteiger partial charge is 0.329 e. The molecule has 1 fully saturated rings. The molecular weight excluding hydrogens is 298 g/mol. The summed E-state index contributed by atoms with van der Waals surface area (Å²) in [5, 5.41) is 12.9. The van der Waals surface area contributed by atoms with E-state index in [0.717, 1.165) is 42.8 Å². The molecule has 2 N–H and O–H groups in total. The molecule has 7 heteroatoms. The highest BCUT2D eigenvalue weighted by Gasteiger charge is 2.30. The number of nitrogens with zero attached hydrogens (tertiary/aromatic N) is 3. The molecule has 1 aliphatic heterocycles. The Morgan fingerprint density at radius 1 is 1.59 bits per heavy atom. The van der Waals surface area contributed by atoms with Crippen molar-refractivity contribution < 1.29 is 4.79 Å². The molecule has 6 nitrogen and oxygen atoms in total. The number of aromatic amines is 1. The van der Waals surface area contributed by atoms with E-state index in [4.69, 9.17) is 0 Å². The number of aromatic nitrogens is 3. The van der Waals surface area contributed by atoms with Gasteiger partial charge in [0.25, 0.3) is 0 Å². The monoisotopic (exact) mass is 319 g/mol. The van der Waals surface area contributed by atoms with E-state index in [9.17, 15) is 4.79 Å². The van der Waals surface area contributed by atoms with Gasteiger partial charge in [0.1, 0.15) is 5.01 Å². The lowest BCUT2D eigenvalue weighted by Gasteiger charge is -2.36. The number of carbonyl (C=O) groups excluding carboxylic acids is 1. The smallest absolute Gasteiger partial charge is 0.318 e. The Morgan fingerprint density at radius 2 is 2.50 bits per heavy atom. The van der Waals surface area contributed by atoms with Gasteiger partial charge in [0.05, 0.1) is 18.3 Å². The number of H-pyrrole nitrogens is 1. The predicted molar refractivity (Wildman–Crippen MR) is 85.6 cm³/mol. The number of urea groups is 1. The van der Waals surface area contributed by atoms with Crippen molar-refractivity contribution in [3.05, 3.63) is 34.5 Å². The first-order chi connectivity index (χ1) is 10.8. The van der Waals surface area contributed by atoms with Crippen LogP contribution in [0.5, 0.6) is 0 Å². The summed E-state index contributed by atoms with van der Waals surface area (Å²) in [4.78, 5) is 19.0. The molecule has 22 heavy (non-hydrogen) atoms. The van der Waals surface area contributed by atoms with E-state index in [2.05, 4.69) is 27.4 Å². The Bertz CT molecular complexity index is 583. The molecule has 1 aliphatic rings. The van der Waals surface area contributed by atoms with E-state index in [-0.39, 0.29) is 18.1 Å². The molecular formula is C15H21N5OS. The average Bonchev–Trinajstić information content (AvgIpc) is 3.25. The average molecular weight is 319 g/mol. The molecule has 0 spiro atoms. The predicted octanol–water partition coefficient (Wildman–Crippen LogP) is 3.25. The van der Waals surface area contributed by atoms with Crippen molar-refractivity contribution in [3.63, 3.8) is 0 Å². The van der Waals surface area contributed by atoms with Gasteiger partial charge in [-0.15, -0.1) is 11.3 Å². The van der Waals surface area contributed by atoms with Crippen molar-refractivity contribution in [2.75, 3.05) is 6.54 Å². The van der Waals surface area contributed by atoms with Crippen LogP contribution in [0.4, 0.5) is 4.79 Å². The maximum absolute atomic E-state index is 12.7. The van der Waals surface area contributed by atoms with E-state index < -0.39 is 0 Å². The highest BCUT2D eigenvalue weighted by atomic mass is 32.1. The fourth-order valence-corrected chi connectivity index (χ4v) is 3.71. The number of hydrogen-bond donors (Lipinski definition) is 2. The number of amides is 2. The van der Waals surface area contributed by atoms with Gasteiger partial charge in [-0.25, -0.2) is 9.78 Å². The molecule has 3 rings (SSSR count). The third kappa shape index (κ3) is 3.14. The third-order valence-electron chi connectivity index (χ3n) is 4.12. The topological polar surface area (TPSA) is 73.9 Å². The van der Waals surface area contributed by atoms with Gasteiger partial charge in [-0.3, -0.25) is 5.10 Å². The van der Waals surface area contributed by atoms with Crippen molar-refractivity contribution >= 4 is 17.4 Å². The third-order valence-corrected chi connectivity index (χ3v) is 5.01. The zero-order valence-electron chi connectivity index (χ0n) is 12.7. The number of thiazole rings is 1. The van der Waals surface area contributed by atoms with E-state index in [0.29, 0.717) is 0 Å². The Morgan fingerprint density at radius 3 is 3.18 bits per heavy atom. The van der Waals surface area contributed by atoms with E-state index in [1.54, 1.807) is 17.5 Å². The second kappa shape index (κ2) is 6.91. The second-order valence-corrected chi connectivity index (χ2v) is 6.44. The Hall–Kier alpha value is -1.89. The summed E-state index contributed by atoms with van der Waals surface area (Å²) >= 11 is 1.58. The maximum atomic E-state index is 12.7. The Kier molecular flexibility index (Phi) is 4.72. The lowest BCUT2D eigenvalue weighted by molar-refractivity contribution is 0.148. The van der Waals surface area contributed by atoms with Gasteiger partial charge in [0.15, 0.2) is 0 Å². The van der Waals surface area contributed by atoms with E-state index in [1.807, 2.05) is 22.7 Å². The van der Waals surface area contributed by atoms with Crippen LogP contribution in [0, 0.1) is 0 Å². The first kappa shape index (κ1) is 15.0. The summed E-state index contributed by atoms with van der Waals surface area (Å²) in [5.41, 5.74) is 1.08. The summed E-state index contributed by atoms with van der Waals surface area (Å²) in [6.07, 6.45) is 9.50. The van der Waals surface area contributed by atoms with Crippen LogP contribution < -0.4 is 5.32 Å². The van der Waals surface area contributed by atoms with Crippen LogP contribution in [0.15, 0.2) is 24.0 Å². The molecule has 0 unspecified atom stereocenters. The van der Waals surface area contributed by atoms with Gasteiger partial charge >= 0.3 is 6.03 Å². The van der Waals surface area contributed by atoms with Crippen LogP contribution in [-0.2, 0) is 0 Å². The van der Waals surface area contributed by atoms with Crippen molar-refractivity contribution in [2.24, 2.45) is 0 Å². The molecule has 3 heterocycles. The maximum Gasteiger partial charge on any atom is 0.318 e. The molecule has 1 saturated heterocycles. The van der Waals surface area contributed by atoms with Crippen LogP contribution in [0.1, 0.15) is 55.3 Å². The standard InChI is InChI=1S/C15H21N5OS/c1-2-12(14-16-6-8-22-14)19-15(21)20-7-4-3-5-13(20)11-9-17-18-10-11/h6,8-10,12-13H,2-5,7H2,1H3,(H,17,18)(H,19,21)/t12-,13-/m1/s1.